The molecule has 1 aromatic carbocycles. The summed E-state index contributed by atoms with van der Waals surface area (Å²) in [5.74, 6) is -0.101. The van der Waals surface area contributed by atoms with Gasteiger partial charge >= 0.3 is 0 Å². The van der Waals surface area contributed by atoms with Crippen molar-refractivity contribution in [3.8, 4) is 0 Å². The van der Waals surface area contributed by atoms with Gasteiger partial charge in [-0.3, -0.25) is 9.59 Å². The second kappa shape index (κ2) is 7.75. The van der Waals surface area contributed by atoms with Crippen LogP contribution in [0.2, 0.25) is 0 Å². The molecule has 2 amide bonds. The second-order valence-electron chi connectivity index (χ2n) is 5.29. The van der Waals surface area contributed by atoms with Crippen LogP contribution in [0.4, 0.5) is 0 Å². The highest BCUT2D eigenvalue weighted by atomic mass is 16.2. The van der Waals surface area contributed by atoms with E-state index >= 15 is 0 Å². The lowest BCUT2D eigenvalue weighted by molar-refractivity contribution is -0.129. The fraction of sp³-hybridized carbons (Fsp3) is 0.412. The summed E-state index contributed by atoms with van der Waals surface area (Å²) in [4.78, 5) is 25.6. The topological polar surface area (TPSA) is 61.4 Å². The number of benzene rings is 1. The van der Waals surface area contributed by atoms with Crippen molar-refractivity contribution in [2.24, 2.45) is 0 Å². The van der Waals surface area contributed by atoms with Crippen LogP contribution in [0.25, 0.3) is 6.08 Å². The summed E-state index contributed by atoms with van der Waals surface area (Å²) in [5.41, 5.74) is 2.08. The molecule has 1 aliphatic heterocycles. The van der Waals surface area contributed by atoms with E-state index in [9.17, 15) is 9.59 Å². The number of carbonyl (C=O) groups excluding carboxylic acids is 2. The number of likely N-dealkylation sites (N-methyl/N-ethyl adjacent to an activating group) is 1. The number of amides is 2. The maximum absolute atomic E-state index is 12.2. The molecular weight excluding hydrogens is 278 g/mol. The van der Waals surface area contributed by atoms with Crippen LogP contribution in [0.5, 0.6) is 0 Å². The molecule has 2 rings (SSSR count). The molecule has 0 aliphatic carbocycles. The zero-order valence-electron chi connectivity index (χ0n) is 13.1. The zero-order chi connectivity index (χ0) is 15.9. The Hall–Kier alpha value is -2.14. The Morgan fingerprint density at radius 1 is 1.23 bits per heavy atom. The third-order valence-electron chi connectivity index (χ3n) is 3.72. The van der Waals surface area contributed by atoms with Crippen LogP contribution in [0.15, 0.2) is 30.5 Å². The standard InChI is InChI=1S/C17H23N3O2/c1-3-18-9-10-19-17(22)12-16-15-7-5-4-6-14(15)8-11-20(16)13(2)21/h4-8,11,16,18H,3,9-10,12H2,1-2H3,(H,19,22). The van der Waals surface area contributed by atoms with Gasteiger partial charge in [0, 0.05) is 26.2 Å². The quantitative estimate of drug-likeness (QED) is 0.786. The molecule has 22 heavy (non-hydrogen) atoms. The van der Waals surface area contributed by atoms with Crippen LogP contribution in [0.1, 0.15) is 37.4 Å². The lowest BCUT2D eigenvalue weighted by Gasteiger charge is -2.32. The number of fused-ring (bicyclic) bond motifs is 1. The van der Waals surface area contributed by atoms with Crippen molar-refractivity contribution in [3.05, 3.63) is 41.6 Å². The van der Waals surface area contributed by atoms with Crippen LogP contribution in [-0.2, 0) is 9.59 Å². The summed E-state index contributed by atoms with van der Waals surface area (Å²) in [6.45, 7) is 5.78. The van der Waals surface area contributed by atoms with Crippen molar-refractivity contribution in [1.29, 1.82) is 0 Å². The van der Waals surface area contributed by atoms with E-state index < -0.39 is 0 Å². The molecule has 1 aliphatic rings. The Kier molecular flexibility index (Phi) is 5.72. The van der Waals surface area contributed by atoms with Gasteiger partial charge in [-0.1, -0.05) is 31.2 Å². The molecule has 5 heteroatoms. The first-order chi connectivity index (χ1) is 10.6. The maximum atomic E-state index is 12.2. The van der Waals surface area contributed by atoms with Crippen molar-refractivity contribution in [2.45, 2.75) is 26.3 Å². The van der Waals surface area contributed by atoms with Gasteiger partial charge in [0.05, 0.1) is 12.5 Å². The fourth-order valence-corrected chi connectivity index (χ4v) is 2.63. The van der Waals surface area contributed by atoms with Crippen LogP contribution in [0, 0.1) is 0 Å². The minimum Gasteiger partial charge on any atom is -0.355 e. The Labute approximate surface area is 131 Å². The first kappa shape index (κ1) is 16.2. The molecule has 118 valence electrons. The van der Waals surface area contributed by atoms with Crippen molar-refractivity contribution >= 4 is 17.9 Å². The average Bonchev–Trinajstić information content (AvgIpc) is 2.51. The number of nitrogens with one attached hydrogen (secondary N) is 2. The Bertz CT molecular complexity index is 569. The van der Waals surface area contributed by atoms with Crippen LogP contribution >= 0.6 is 0 Å². The van der Waals surface area contributed by atoms with Crippen LogP contribution < -0.4 is 10.6 Å². The van der Waals surface area contributed by atoms with Gasteiger partial charge in [-0.05, 0) is 23.7 Å². The minimum atomic E-state index is -0.238. The molecule has 1 aromatic rings. The zero-order valence-corrected chi connectivity index (χ0v) is 13.1. The molecule has 0 fully saturated rings. The van der Waals surface area contributed by atoms with Crippen molar-refractivity contribution in [3.63, 3.8) is 0 Å². The van der Waals surface area contributed by atoms with Crippen LogP contribution in [0.3, 0.4) is 0 Å². The SMILES string of the molecule is CCNCCNC(=O)CC1c2ccccc2C=CN1C(C)=O. The number of hydrogen-bond acceptors (Lipinski definition) is 3. The second-order valence-corrected chi connectivity index (χ2v) is 5.29. The monoisotopic (exact) mass is 301 g/mol. The lowest BCUT2D eigenvalue weighted by atomic mass is 9.93. The summed E-state index contributed by atoms with van der Waals surface area (Å²) in [6, 6.07) is 7.63. The molecule has 0 saturated heterocycles. The Balaban J connectivity index is 2.07. The molecule has 1 heterocycles. The van der Waals surface area contributed by atoms with E-state index in [0.29, 0.717) is 6.54 Å². The van der Waals surface area contributed by atoms with Crippen molar-refractivity contribution in [2.75, 3.05) is 19.6 Å². The van der Waals surface area contributed by atoms with Gasteiger partial charge in [0.25, 0.3) is 0 Å². The summed E-state index contributed by atoms with van der Waals surface area (Å²) in [7, 11) is 0. The molecular formula is C17H23N3O2. The largest absolute Gasteiger partial charge is 0.355 e. The third-order valence-corrected chi connectivity index (χ3v) is 3.72. The van der Waals surface area contributed by atoms with E-state index in [1.165, 1.54) is 6.92 Å². The molecule has 0 radical (unpaired) electrons. The summed E-state index contributed by atoms with van der Waals surface area (Å²) >= 11 is 0. The Morgan fingerprint density at radius 3 is 2.73 bits per heavy atom. The van der Waals surface area contributed by atoms with Gasteiger partial charge in [-0.25, -0.2) is 0 Å². The van der Waals surface area contributed by atoms with Gasteiger partial charge in [0.1, 0.15) is 0 Å². The molecule has 0 spiro atoms. The maximum Gasteiger partial charge on any atom is 0.223 e. The predicted molar refractivity (Wildman–Crippen MR) is 86.9 cm³/mol. The molecule has 5 nitrogen and oxygen atoms in total. The highest BCUT2D eigenvalue weighted by Crippen LogP contribution is 2.32. The van der Waals surface area contributed by atoms with E-state index in [1.54, 1.807) is 11.1 Å². The Morgan fingerprint density at radius 2 is 2.00 bits per heavy atom. The molecule has 0 aromatic heterocycles. The van der Waals surface area contributed by atoms with Crippen molar-refractivity contribution in [1.82, 2.24) is 15.5 Å². The number of hydrogen-bond donors (Lipinski definition) is 2. The third kappa shape index (κ3) is 3.95. The molecule has 2 N–H and O–H groups in total. The highest BCUT2D eigenvalue weighted by Gasteiger charge is 2.27. The van der Waals surface area contributed by atoms with Gasteiger partial charge in [-0.2, -0.15) is 0 Å². The molecule has 0 saturated carbocycles. The molecule has 0 bridgehead atoms. The van der Waals surface area contributed by atoms with Crippen LogP contribution in [-0.4, -0.2) is 36.3 Å². The lowest BCUT2D eigenvalue weighted by Crippen LogP contribution is -2.37. The van der Waals surface area contributed by atoms with E-state index in [1.807, 2.05) is 37.3 Å². The summed E-state index contributed by atoms with van der Waals surface area (Å²) in [5, 5.41) is 6.05. The number of nitrogens with zero attached hydrogens (tertiary/aromatic N) is 1. The number of carbonyl (C=O) groups is 2. The first-order valence-electron chi connectivity index (χ1n) is 7.67. The van der Waals surface area contributed by atoms with E-state index in [0.717, 1.165) is 24.2 Å². The number of rotatable bonds is 6. The highest BCUT2D eigenvalue weighted by molar-refractivity contribution is 5.81. The summed E-state index contributed by atoms with van der Waals surface area (Å²) < 4.78 is 0. The van der Waals surface area contributed by atoms with Gasteiger partial charge < -0.3 is 15.5 Å². The van der Waals surface area contributed by atoms with Gasteiger partial charge in [0.15, 0.2) is 0 Å². The van der Waals surface area contributed by atoms with E-state index in [-0.39, 0.29) is 24.3 Å². The molecule has 1 atom stereocenters. The molecule has 1 unspecified atom stereocenters. The normalized spacial score (nSPS) is 16.3. The average molecular weight is 301 g/mol. The predicted octanol–water partition coefficient (Wildman–Crippen LogP) is 1.68. The minimum absolute atomic E-state index is 0.0424. The van der Waals surface area contributed by atoms with Crippen molar-refractivity contribution < 1.29 is 9.59 Å². The van der Waals surface area contributed by atoms with Gasteiger partial charge in [0.2, 0.25) is 11.8 Å². The van der Waals surface area contributed by atoms with Gasteiger partial charge in [-0.15, -0.1) is 0 Å². The van der Waals surface area contributed by atoms with E-state index in [2.05, 4.69) is 10.6 Å². The fourth-order valence-electron chi connectivity index (χ4n) is 2.63. The summed E-state index contributed by atoms with van der Waals surface area (Å²) in [6.07, 6.45) is 3.95. The smallest absolute Gasteiger partial charge is 0.223 e. The first-order valence-corrected chi connectivity index (χ1v) is 7.67. The van der Waals surface area contributed by atoms with E-state index in [4.69, 9.17) is 0 Å².